The number of aromatic nitrogens is 3. The van der Waals surface area contributed by atoms with Crippen LogP contribution in [0.25, 0.3) is 0 Å². The van der Waals surface area contributed by atoms with Crippen molar-refractivity contribution in [3.63, 3.8) is 0 Å². The van der Waals surface area contributed by atoms with Crippen LogP contribution in [0.15, 0.2) is 40.6 Å². The normalized spacial score (nSPS) is 11.6. The number of para-hydroxylation sites is 1. The lowest BCUT2D eigenvalue weighted by molar-refractivity contribution is -0.113. The van der Waals surface area contributed by atoms with E-state index < -0.39 is 0 Å². The van der Waals surface area contributed by atoms with Gasteiger partial charge in [-0.1, -0.05) is 30.8 Å². The molecule has 1 heterocycles. The standard InChI is InChI=1S/C14H15N5OS2/c1-10(6-7-15)22-12-5-3-2-4-11(12)18-13(20)8-21-14-16-9-17-19-14/h2-5,9-10H,6,8H2,1H3,(H,18,20)(H,16,17,19). The predicted octanol–water partition coefficient (Wildman–Crippen LogP) is 2.93. The highest BCUT2D eigenvalue weighted by Crippen LogP contribution is 2.31. The summed E-state index contributed by atoms with van der Waals surface area (Å²) in [6.45, 7) is 1.99. The Hall–Kier alpha value is -1.98. The van der Waals surface area contributed by atoms with E-state index in [1.807, 2.05) is 31.2 Å². The first-order valence-electron chi connectivity index (χ1n) is 6.59. The minimum absolute atomic E-state index is 0.109. The molecule has 8 heteroatoms. The molecule has 2 aromatic rings. The van der Waals surface area contributed by atoms with Crippen molar-refractivity contribution in [3.8, 4) is 6.07 Å². The first-order valence-corrected chi connectivity index (χ1v) is 8.46. The van der Waals surface area contributed by atoms with Gasteiger partial charge in [0.25, 0.3) is 0 Å². The molecule has 114 valence electrons. The van der Waals surface area contributed by atoms with E-state index in [0.29, 0.717) is 11.6 Å². The Balaban J connectivity index is 1.94. The molecule has 2 N–H and O–H groups in total. The summed E-state index contributed by atoms with van der Waals surface area (Å²) in [5, 5.41) is 18.8. The first-order chi connectivity index (χ1) is 10.7. The summed E-state index contributed by atoms with van der Waals surface area (Å²) in [4.78, 5) is 16.9. The molecular weight excluding hydrogens is 318 g/mol. The molecule has 1 atom stereocenters. The Morgan fingerprint density at radius 2 is 2.32 bits per heavy atom. The second kappa shape index (κ2) is 8.46. The number of hydrogen-bond donors (Lipinski definition) is 2. The average Bonchev–Trinajstić information content (AvgIpc) is 3.01. The predicted molar refractivity (Wildman–Crippen MR) is 87.7 cm³/mol. The second-order valence-corrected chi connectivity index (χ2v) is 6.86. The Kier molecular flexibility index (Phi) is 6.30. The van der Waals surface area contributed by atoms with Crippen LogP contribution in [0.1, 0.15) is 13.3 Å². The van der Waals surface area contributed by atoms with Gasteiger partial charge >= 0.3 is 0 Å². The second-order valence-electron chi connectivity index (χ2n) is 4.41. The van der Waals surface area contributed by atoms with E-state index in [-0.39, 0.29) is 16.9 Å². The van der Waals surface area contributed by atoms with Crippen LogP contribution in [-0.4, -0.2) is 32.1 Å². The number of aromatic amines is 1. The molecule has 22 heavy (non-hydrogen) atoms. The molecule has 0 aliphatic rings. The van der Waals surface area contributed by atoms with Gasteiger partial charge < -0.3 is 5.32 Å². The van der Waals surface area contributed by atoms with Crippen LogP contribution >= 0.6 is 23.5 Å². The summed E-state index contributed by atoms with van der Waals surface area (Å²) in [6.07, 6.45) is 1.87. The number of anilines is 1. The Labute approximate surface area is 137 Å². The topological polar surface area (TPSA) is 94.5 Å². The number of amides is 1. The summed E-state index contributed by atoms with van der Waals surface area (Å²) >= 11 is 2.87. The highest BCUT2D eigenvalue weighted by Gasteiger charge is 2.11. The number of nitriles is 1. The fraction of sp³-hybridized carbons (Fsp3) is 0.286. The van der Waals surface area contributed by atoms with Crippen molar-refractivity contribution in [1.82, 2.24) is 15.2 Å². The maximum Gasteiger partial charge on any atom is 0.234 e. The van der Waals surface area contributed by atoms with Crippen molar-refractivity contribution >= 4 is 35.1 Å². The molecule has 1 aromatic heterocycles. The van der Waals surface area contributed by atoms with Crippen LogP contribution in [0.2, 0.25) is 0 Å². The van der Waals surface area contributed by atoms with Gasteiger partial charge in [-0.25, -0.2) is 4.98 Å². The Morgan fingerprint density at radius 3 is 3.05 bits per heavy atom. The van der Waals surface area contributed by atoms with Crippen LogP contribution in [0.5, 0.6) is 0 Å². The number of nitrogens with zero attached hydrogens (tertiary/aromatic N) is 3. The van der Waals surface area contributed by atoms with E-state index in [4.69, 9.17) is 5.26 Å². The zero-order valence-corrected chi connectivity index (χ0v) is 13.6. The lowest BCUT2D eigenvalue weighted by Gasteiger charge is -2.13. The molecule has 1 unspecified atom stereocenters. The summed E-state index contributed by atoms with van der Waals surface area (Å²) in [6, 6.07) is 9.75. The number of H-pyrrole nitrogens is 1. The van der Waals surface area contributed by atoms with Gasteiger partial charge in [0.2, 0.25) is 5.91 Å². The van der Waals surface area contributed by atoms with Crippen LogP contribution in [0, 0.1) is 11.3 Å². The summed E-state index contributed by atoms with van der Waals surface area (Å²) in [5.74, 6) is 0.143. The highest BCUT2D eigenvalue weighted by atomic mass is 32.2. The molecular formula is C14H15N5OS2. The number of carbonyl (C=O) groups is 1. The van der Waals surface area contributed by atoms with Crippen molar-refractivity contribution in [2.45, 2.75) is 28.6 Å². The van der Waals surface area contributed by atoms with Crippen molar-refractivity contribution in [1.29, 1.82) is 5.26 Å². The van der Waals surface area contributed by atoms with Crippen LogP contribution in [0.4, 0.5) is 5.69 Å². The molecule has 0 spiro atoms. The first kappa shape index (κ1) is 16.4. The molecule has 1 amide bonds. The molecule has 0 bridgehead atoms. The monoisotopic (exact) mass is 333 g/mol. The third-order valence-corrected chi connectivity index (χ3v) is 4.66. The average molecular weight is 333 g/mol. The fourth-order valence-corrected chi connectivity index (χ4v) is 3.22. The van der Waals surface area contributed by atoms with Gasteiger partial charge in [0.15, 0.2) is 5.16 Å². The molecule has 0 fully saturated rings. The molecule has 0 saturated heterocycles. The van der Waals surface area contributed by atoms with Gasteiger partial charge in [0.05, 0.1) is 17.5 Å². The minimum atomic E-state index is -0.109. The number of carbonyl (C=O) groups excluding carboxylic acids is 1. The van der Waals surface area contributed by atoms with E-state index >= 15 is 0 Å². The van der Waals surface area contributed by atoms with Gasteiger partial charge in [-0.2, -0.15) is 10.4 Å². The van der Waals surface area contributed by atoms with E-state index in [2.05, 4.69) is 26.6 Å². The SMILES string of the molecule is CC(CC#N)Sc1ccccc1NC(=O)CSc1ncn[nH]1. The lowest BCUT2D eigenvalue weighted by Crippen LogP contribution is -2.15. The van der Waals surface area contributed by atoms with Crippen LogP contribution in [-0.2, 0) is 4.79 Å². The number of hydrogen-bond acceptors (Lipinski definition) is 6. The van der Waals surface area contributed by atoms with E-state index in [0.717, 1.165) is 10.6 Å². The summed E-state index contributed by atoms with van der Waals surface area (Å²) in [7, 11) is 0. The maximum absolute atomic E-state index is 12.0. The largest absolute Gasteiger partial charge is 0.324 e. The summed E-state index contributed by atoms with van der Waals surface area (Å²) < 4.78 is 0. The van der Waals surface area contributed by atoms with E-state index in [1.54, 1.807) is 11.8 Å². The third kappa shape index (κ3) is 5.09. The van der Waals surface area contributed by atoms with E-state index in [1.165, 1.54) is 18.1 Å². The molecule has 1 aromatic carbocycles. The minimum Gasteiger partial charge on any atom is -0.324 e. The summed E-state index contributed by atoms with van der Waals surface area (Å²) in [5.41, 5.74) is 0.764. The molecule has 0 radical (unpaired) electrons. The molecule has 2 rings (SSSR count). The molecule has 0 saturated carbocycles. The van der Waals surface area contributed by atoms with Crippen molar-refractivity contribution in [2.75, 3.05) is 11.1 Å². The van der Waals surface area contributed by atoms with Gasteiger partial charge in [-0.3, -0.25) is 9.89 Å². The lowest BCUT2D eigenvalue weighted by atomic mass is 10.3. The Morgan fingerprint density at radius 1 is 1.50 bits per heavy atom. The number of thioether (sulfide) groups is 2. The van der Waals surface area contributed by atoms with Gasteiger partial charge in [0, 0.05) is 16.6 Å². The quantitative estimate of drug-likeness (QED) is 0.757. The maximum atomic E-state index is 12.0. The Bertz CT molecular complexity index is 654. The van der Waals surface area contributed by atoms with Gasteiger partial charge in [-0.05, 0) is 12.1 Å². The van der Waals surface area contributed by atoms with E-state index in [9.17, 15) is 4.79 Å². The van der Waals surface area contributed by atoms with Crippen LogP contribution < -0.4 is 5.32 Å². The van der Waals surface area contributed by atoms with Crippen molar-refractivity contribution < 1.29 is 4.79 Å². The fourth-order valence-electron chi connectivity index (χ4n) is 1.64. The zero-order valence-electron chi connectivity index (χ0n) is 11.9. The zero-order chi connectivity index (χ0) is 15.8. The number of rotatable bonds is 7. The van der Waals surface area contributed by atoms with Gasteiger partial charge in [0.1, 0.15) is 6.33 Å². The van der Waals surface area contributed by atoms with Gasteiger partial charge in [-0.15, -0.1) is 11.8 Å². The molecule has 0 aliphatic carbocycles. The highest BCUT2D eigenvalue weighted by molar-refractivity contribution is 8.00. The third-order valence-electron chi connectivity index (χ3n) is 2.60. The number of nitrogens with one attached hydrogen (secondary N) is 2. The smallest absolute Gasteiger partial charge is 0.234 e. The molecule has 6 nitrogen and oxygen atoms in total. The van der Waals surface area contributed by atoms with Crippen molar-refractivity contribution in [2.24, 2.45) is 0 Å². The molecule has 0 aliphatic heterocycles. The number of benzene rings is 1. The van der Waals surface area contributed by atoms with Crippen LogP contribution in [0.3, 0.4) is 0 Å². The van der Waals surface area contributed by atoms with Crippen molar-refractivity contribution in [3.05, 3.63) is 30.6 Å².